The minimum Gasteiger partial charge on any atom is -0.468 e. The number of aliphatic hydroxyl groups excluding tert-OH is 1. The lowest BCUT2D eigenvalue weighted by atomic mass is 9.95. The van der Waals surface area contributed by atoms with Crippen LogP contribution >= 0.6 is 0 Å². The third kappa shape index (κ3) is 3.46. The monoisotopic (exact) mass is 229 g/mol. The summed E-state index contributed by atoms with van der Waals surface area (Å²) in [7, 11) is 1.44. The first-order valence-corrected chi connectivity index (χ1v) is 6.15. The summed E-state index contributed by atoms with van der Waals surface area (Å²) < 4.78 is 4.76. The van der Waals surface area contributed by atoms with Gasteiger partial charge in [-0.1, -0.05) is 13.3 Å². The molecule has 4 heteroatoms. The molecule has 0 bridgehead atoms. The van der Waals surface area contributed by atoms with Gasteiger partial charge in [0.25, 0.3) is 0 Å². The van der Waals surface area contributed by atoms with Gasteiger partial charge in [0.1, 0.15) is 6.04 Å². The Balaban J connectivity index is 2.36. The Morgan fingerprint density at radius 2 is 2.31 bits per heavy atom. The summed E-state index contributed by atoms with van der Waals surface area (Å²) in [4.78, 5) is 13.6. The van der Waals surface area contributed by atoms with E-state index in [0.717, 1.165) is 38.8 Å². The Bertz CT molecular complexity index is 214. The van der Waals surface area contributed by atoms with Gasteiger partial charge in [-0.15, -0.1) is 0 Å². The Morgan fingerprint density at radius 3 is 2.75 bits per heavy atom. The summed E-state index contributed by atoms with van der Waals surface area (Å²) in [5.74, 6) is 0.382. The number of hydrogen-bond donors (Lipinski definition) is 1. The number of carbonyl (C=O) groups excluding carboxylic acids is 1. The molecule has 0 amide bonds. The van der Waals surface area contributed by atoms with Gasteiger partial charge in [0, 0.05) is 19.7 Å². The lowest BCUT2D eigenvalue weighted by molar-refractivity contribution is -0.152. The van der Waals surface area contributed by atoms with E-state index in [9.17, 15) is 4.79 Å². The molecule has 1 heterocycles. The van der Waals surface area contributed by atoms with Crippen LogP contribution in [-0.2, 0) is 9.53 Å². The van der Waals surface area contributed by atoms with Gasteiger partial charge in [0.2, 0.25) is 0 Å². The fourth-order valence-corrected chi connectivity index (χ4v) is 2.31. The van der Waals surface area contributed by atoms with Crippen LogP contribution in [0.3, 0.4) is 0 Å². The number of methoxy groups -OCH3 is 1. The molecule has 0 aromatic rings. The van der Waals surface area contributed by atoms with Crippen molar-refractivity contribution >= 4 is 5.97 Å². The van der Waals surface area contributed by atoms with Gasteiger partial charge >= 0.3 is 5.97 Å². The second-order valence-corrected chi connectivity index (χ2v) is 4.49. The summed E-state index contributed by atoms with van der Waals surface area (Å²) in [6, 6.07) is -0.0388. The van der Waals surface area contributed by atoms with Crippen molar-refractivity contribution < 1.29 is 14.6 Å². The van der Waals surface area contributed by atoms with Gasteiger partial charge in [0.05, 0.1) is 7.11 Å². The van der Waals surface area contributed by atoms with Crippen LogP contribution in [0.2, 0.25) is 0 Å². The van der Waals surface area contributed by atoms with Gasteiger partial charge in [-0.25, -0.2) is 0 Å². The van der Waals surface area contributed by atoms with E-state index in [1.807, 2.05) is 0 Å². The van der Waals surface area contributed by atoms with E-state index >= 15 is 0 Å². The van der Waals surface area contributed by atoms with Crippen molar-refractivity contribution in [1.82, 2.24) is 4.90 Å². The number of aliphatic hydroxyl groups is 1. The fraction of sp³-hybridized carbons (Fsp3) is 0.917. The standard InChI is InChI=1S/C12H23NO3/c1-3-4-10(6-8-14)9-13-7-5-11(13)12(15)16-2/h10-11,14H,3-9H2,1-2H3. The molecule has 16 heavy (non-hydrogen) atoms. The molecule has 1 aliphatic heterocycles. The molecule has 1 saturated heterocycles. The number of ether oxygens (including phenoxy) is 1. The van der Waals surface area contributed by atoms with E-state index in [4.69, 9.17) is 9.84 Å². The molecule has 0 aromatic carbocycles. The number of rotatable bonds is 7. The van der Waals surface area contributed by atoms with E-state index < -0.39 is 0 Å². The van der Waals surface area contributed by atoms with Gasteiger partial charge in [-0.05, 0) is 25.2 Å². The zero-order valence-corrected chi connectivity index (χ0v) is 10.3. The smallest absolute Gasteiger partial charge is 0.323 e. The molecular formula is C12H23NO3. The normalized spacial score (nSPS) is 22.6. The average Bonchev–Trinajstić information content (AvgIpc) is 2.24. The quantitative estimate of drug-likeness (QED) is 0.663. The summed E-state index contributed by atoms with van der Waals surface area (Å²) in [6.07, 6.45) is 3.98. The average molecular weight is 229 g/mol. The number of hydrogen-bond acceptors (Lipinski definition) is 4. The minimum absolute atomic E-state index is 0.0388. The highest BCUT2D eigenvalue weighted by atomic mass is 16.5. The molecule has 0 aromatic heterocycles. The van der Waals surface area contributed by atoms with Crippen LogP contribution < -0.4 is 0 Å². The van der Waals surface area contributed by atoms with Crippen LogP contribution in [0.15, 0.2) is 0 Å². The number of esters is 1. The molecule has 94 valence electrons. The molecule has 4 nitrogen and oxygen atoms in total. The molecule has 2 atom stereocenters. The summed E-state index contributed by atoms with van der Waals surface area (Å²) in [6.45, 7) is 4.28. The zero-order chi connectivity index (χ0) is 12.0. The Kier molecular flexibility index (Phi) is 5.77. The molecule has 0 spiro atoms. The van der Waals surface area contributed by atoms with Crippen LogP contribution in [-0.4, -0.2) is 48.8 Å². The summed E-state index contributed by atoms with van der Waals surface area (Å²) in [5, 5.41) is 8.98. The molecule has 0 aliphatic carbocycles. The topological polar surface area (TPSA) is 49.8 Å². The van der Waals surface area contributed by atoms with Crippen molar-refractivity contribution in [3.05, 3.63) is 0 Å². The third-order valence-electron chi connectivity index (χ3n) is 3.33. The van der Waals surface area contributed by atoms with Gasteiger partial charge in [-0.3, -0.25) is 9.69 Å². The molecule has 1 aliphatic rings. The Morgan fingerprint density at radius 1 is 1.56 bits per heavy atom. The molecule has 2 unspecified atom stereocenters. The number of likely N-dealkylation sites (tertiary alicyclic amines) is 1. The first kappa shape index (κ1) is 13.5. The van der Waals surface area contributed by atoms with Crippen molar-refractivity contribution in [1.29, 1.82) is 0 Å². The molecule has 0 radical (unpaired) electrons. The van der Waals surface area contributed by atoms with Crippen molar-refractivity contribution in [2.24, 2.45) is 5.92 Å². The second-order valence-electron chi connectivity index (χ2n) is 4.49. The first-order chi connectivity index (χ1) is 7.72. The predicted octanol–water partition coefficient (Wildman–Crippen LogP) is 1.03. The summed E-state index contributed by atoms with van der Waals surface area (Å²) in [5.41, 5.74) is 0. The van der Waals surface area contributed by atoms with Crippen LogP contribution in [0.1, 0.15) is 32.6 Å². The van der Waals surface area contributed by atoms with E-state index in [-0.39, 0.29) is 18.6 Å². The van der Waals surface area contributed by atoms with Gasteiger partial charge in [-0.2, -0.15) is 0 Å². The zero-order valence-electron chi connectivity index (χ0n) is 10.3. The van der Waals surface area contributed by atoms with E-state index in [0.29, 0.717) is 5.92 Å². The maximum Gasteiger partial charge on any atom is 0.323 e. The number of nitrogens with zero attached hydrogens (tertiary/aromatic N) is 1. The second kappa shape index (κ2) is 6.86. The maximum absolute atomic E-state index is 11.4. The van der Waals surface area contributed by atoms with Crippen molar-refractivity contribution in [2.45, 2.75) is 38.6 Å². The lowest BCUT2D eigenvalue weighted by Gasteiger charge is -2.40. The van der Waals surface area contributed by atoms with E-state index in [1.165, 1.54) is 7.11 Å². The third-order valence-corrected chi connectivity index (χ3v) is 3.33. The van der Waals surface area contributed by atoms with Crippen LogP contribution in [0.25, 0.3) is 0 Å². The van der Waals surface area contributed by atoms with Crippen LogP contribution in [0.4, 0.5) is 0 Å². The molecule has 1 N–H and O–H groups in total. The van der Waals surface area contributed by atoms with Crippen molar-refractivity contribution in [3.8, 4) is 0 Å². The van der Waals surface area contributed by atoms with Crippen LogP contribution in [0, 0.1) is 5.92 Å². The highest BCUT2D eigenvalue weighted by Crippen LogP contribution is 2.23. The molecule has 1 fully saturated rings. The minimum atomic E-state index is -0.120. The first-order valence-electron chi connectivity index (χ1n) is 6.15. The van der Waals surface area contributed by atoms with E-state index in [2.05, 4.69) is 11.8 Å². The Hall–Kier alpha value is -0.610. The predicted molar refractivity (Wildman–Crippen MR) is 62.1 cm³/mol. The molecule has 0 saturated carbocycles. The van der Waals surface area contributed by atoms with Crippen LogP contribution in [0.5, 0.6) is 0 Å². The van der Waals surface area contributed by atoms with Crippen molar-refractivity contribution in [3.63, 3.8) is 0 Å². The van der Waals surface area contributed by atoms with Crippen molar-refractivity contribution in [2.75, 3.05) is 26.8 Å². The summed E-state index contributed by atoms with van der Waals surface area (Å²) >= 11 is 0. The number of carbonyl (C=O) groups is 1. The lowest BCUT2D eigenvalue weighted by Crippen LogP contribution is -2.54. The largest absolute Gasteiger partial charge is 0.468 e. The van der Waals surface area contributed by atoms with Gasteiger partial charge < -0.3 is 9.84 Å². The molecular weight excluding hydrogens is 206 g/mol. The molecule has 1 rings (SSSR count). The van der Waals surface area contributed by atoms with Gasteiger partial charge in [0.15, 0.2) is 0 Å². The SMILES string of the molecule is CCCC(CCO)CN1CCC1C(=O)OC. The highest BCUT2D eigenvalue weighted by molar-refractivity contribution is 5.76. The maximum atomic E-state index is 11.4. The van der Waals surface area contributed by atoms with E-state index in [1.54, 1.807) is 0 Å². The highest BCUT2D eigenvalue weighted by Gasteiger charge is 2.35. The fourth-order valence-electron chi connectivity index (χ4n) is 2.31. The Labute approximate surface area is 97.6 Å².